The van der Waals surface area contributed by atoms with E-state index in [-0.39, 0.29) is 33.8 Å². The minimum atomic E-state index is -0.0746. The Morgan fingerprint density at radius 2 is 1.13 bits per heavy atom. The Morgan fingerprint density at radius 3 is 1.78 bits per heavy atom. The van der Waals surface area contributed by atoms with Crippen molar-refractivity contribution in [3.63, 3.8) is 0 Å². The number of anilines is 6. The molecule has 3 heterocycles. The summed E-state index contributed by atoms with van der Waals surface area (Å²) < 4.78 is 7.33. The highest BCUT2D eigenvalue weighted by molar-refractivity contribution is 7.00. The summed E-state index contributed by atoms with van der Waals surface area (Å²) in [6, 6.07) is 29.1. The molecular formula is C56H65BN2O. The monoisotopic (exact) mass is 793 g/mol. The van der Waals surface area contributed by atoms with E-state index in [1.54, 1.807) is 0 Å². The van der Waals surface area contributed by atoms with Crippen LogP contribution < -0.4 is 26.4 Å². The lowest BCUT2D eigenvalue weighted by molar-refractivity contribution is 0.331. The number of rotatable bonds is 2. The molecule has 3 nitrogen and oxygen atoms in total. The number of hydrogen-bond donors (Lipinski definition) is 0. The molecule has 0 fully saturated rings. The highest BCUT2D eigenvalue weighted by atomic mass is 16.3. The van der Waals surface area contributed by atoms with E-state index in [9.17, 15) is 0 Å². The SMILES string of the molecule is Cc1cc2c3c(c1)N(c1c(C)cc(C(C)(C)C)cc1C)c1c(oc4ccc(C)cc14)B3c1ccc3c(c1N2c1ccc2c(c1)C(C)(C)CCC2(C)C)C(C)(C)CCC3(C)C. The second kappa shape index (κ2) is 12.5. The topological polar surface area (TPSA) is 19.6 Å². The van der Waals surface area contributed by atoms with Crippen LogP contribution in [0.1, 0.15) is 152 Å². The molecule has 0 saturated carbocycles. The molecular weight excluding hydrogens is 727 g/mol. The summed E-state index contributed by atoms with van der Waals surface area (Å²) in [6.07, 6.45) is 4.70. The van der Waals surface area contributed by atoms with Gasteiger partial charge in [0.05, 0.1) is 17.0 Å². The second-order valence-corrected chi connectivity index (χ2v) is 23.0. The van der Waals surface area contributed by atoms with E-state index in [1.807, 2.05) is 0 Å². The van der Waals surface area contributed by atoms with Crippen molar-refractivity contribution in [3.8, 4) is 0 Å². The predicted molar refractivity (Wildman–Crippen MR) is 258 cm³/mol. The van der Waals surface area contributed by atoms with Crippen LogP contribution in [0.15, 0.2) is 77.2 Å². The molecule has 0 spiro atoms. The van der Waals surface area contributed by atoms with E-state index >= 15 is 0 Å². The lowest BCUT2D eigenvalue weighted by Gasteiger charge is -2.49. The van der Waals surface area contributed by atoms with E-state index in [1.165, 1.54) is 120 Å². The second-order valence-electron chi connectivity index (χ2n) is 23.0. The van der Waals surface area contributed by atoms with E-state index in [4.69, 9.17) is 4.42 Å². The average molecular weight is 793 g/mol. The highest BCUT2D eigenvalue weighted by Crippen LogP contribution is 2.56. The van der Waals surface area contributed by atoms with Gasteiger partial charge in [-0.15, -0.1) is 0 Å². The Bertz CT molecular complexity index is 2800. The summed E-state index contributed by atoms with van der Waals surface area (Å²) in [5, 5.41) is 1.18. The lowest BCUT2D eigenvalue weighted by atomic mass is 9.35. The molecule has 6 aromatic rings. The predicted octanol–water partition coefficient (Wildman–Crippen LogP) is 13.7. The number of aryl methyl sites for hydroxylation is 4. The molecule has 5 aromatic carbocycles. The molecule has 0 bridgehead atoms. The van der Waals surface area contributed by atoms with Gasteiger partial charge in [-0.2, -0.15) is 0 Å². The molecule has 1 aromatic heterocycles. The van der Waals surface area contributed by atoms with Crippen LogP contribution in [0.5, 0.6) is 0 Å². The van der Waals surface area contributed by atoms with Gasteiger partial charge in [0.1, 0.15) is 5.58 Å². The van der Waals surface area contributed by atoms with E-state index in [0.717, 1.165) is 17.7 Å². The summed E-state index contributed by atoms with van der Waals surface area (Å²) in [6.45, 7) is 35.8. The maximum Gasteiger partial charge on any atom is 0.297 e. The zero-order chi connectivity index (χ0) is 42.8. The quantitative estimate of drug-likeness (QED) is 0.163. The van der Waals surface area contributed by atoms with Crippen molar-refractivity contribution in [3.05, 3.63) is 123 Å². The van der Waals surface area contributed by atoms with E-state index < -0.39 is 0 Å². The van der Waals surface area contributed by atoms with Gasteiger partial charge < -0.3 is 14.2 Å². The number of nitrogens with zero attached hydrogens (tertiary/aromatic N) is 2. The van der Waals surface area contributed by atoms with Crippen LogP contribution in [-0.2, 0) is 27.1 Å². The largest absolute Gasteiger partial charge is 0.468 e. The third-order valence-electron chi connectivity index (χ3n) is 15.6. The van der Waals surface area contributed by atoms with Gasteiger partial charge in [0, 0.05) is 28.1 Å². The fourth-order valence-corrected chi connectivity index (χ4v) is 11.9. The van der Waals surface area contributed by atoms with Crippen molar-refractivity contribution in [2.24, 2.45) is 0 Å². The van der Waals surface area contributed by atoms with Crippen LogP contribution >= 0.6 is 0 Å². The molecule has 0 radical (unpaired) electrons. The number of fused-ring (bicyclic) bond motifs is 9. The van der Waals surface area contributed by atoms with Gasteiger partial charge in [0.15, 0.2) is 0 Å². The van der Waals surface area contributed by atoms with Gasteiger partial charge in [-0.1, -0.05) is 118 Å². The summed E-state index contributed by atoms with van der Waals surface area (Å²) in [4.78, 5) is 5.32. The van der Waals surface area contributed by atoms with Crippen LogP contribution in [-0.4, -0.2) is 6.71 Å². The Kier molecular flexibility index (Phi) is 8.19. The molecule has 0 saturated heterocycles. The van der Waals surface area contributed by atoms with Crippen molar-refractivity contribution in [2.45, 2.75) is 157 Å². The number of furan rings is 1. The van der Waals surface area contributed by atoms with E-state index in [0.29, 0.717) is 0 Å². The number of benzene rings is 5. The molecule has 2 aliphatic carbocycles. The molecule has 2 aliphatic heterocycles. The third kappa shape index (κ3) is 5.54. The summed E-state index contributed by atoms with van der Waals surface area (Å²) in [7, 11) is 0. The Labute approximate surface area is 360 Å². The minimum absolute atomic E-state index is 0.0222. The zero-order valence-electron chi connectivity index (χ0n) is 39.1. The first-order valence-corrected chi connectivity index (χ1v) is 22.7. The summed E-state index contributed by atoms with van der Waals surface area (Å²) >= 11 is 0. The van der Waals surface area contributed by atoms with Gasteiger partial charge >= 0.3 is 0 Å². The van der Waals surface area contributed by atoms with Gasteiger partial charge in [0.2, 0.25) is 0 Å². The lowest BCUT2D eigenvalue weighted by Crippen LogP contribution is -2.61. The first-order valence-electron chi connectivity index (χ1n) is 22.7. The standard InChI is InChI=1S/C56H65BN2O/c1-32-16-21-45-38(26-32)49-51(60-45)57-42-20-19-40-46(56(14,15)25-24-54(40,10)11)50(42)58(37-17-18-39-41(31-37)55(12,13)23-22-53(39,8)9)43-27-33(2)28-44(47(43)57)59(49)48-34(3)29-36(30-35(48)4)52(5,6)7/h16-21,26-31H,22-25H2,1-15H3. The Morgan fingerprint density at radius 1 is 0.550 bits per heavy atom. The van der Waals surface area contributed by atoms with Crippen LogP contribution in [0.25, 0.3) is 11.0 Å². The van der Waals surface area contributed by atoms with Crippen molar-refractivity contribution < 1.29 is 4.42 Å². The van der Waals surface area contributed by atoms with Gasteiger partial charge in [-0.25, -0.2) is 0 Å². The first kappa shape index (κ1) is 39.4. The molecule has 4 aliphatic rings. The van der Waals surface area contributed by atoms with Gasteiger partial charge in [-0.05, 0) is 172 Å². The van der Waals surface area contributed by atoms with Gasteiger partial charge in [0.25, 0.3) is 6.71 Å². The minimum Gasteiger partial charge on any atom is -0.468 e. The fourth-order valence-electron chi connectivity index (χ4n) is 11.9. The first-order chi connectivity index (χ1) is 28.0. The normalized spacial score (nSPS) is 19.1. The van der Waals surface area contributed by atoms with Crippen molar-refractivity contribution in [1.29, 1.82) is 0 Å². The maximum absolute atomic E-state index is 7.33. The van der Waals surface area contributed by atoms with Crippen LogP contribution in [0, 0.1) is 27.7 Å². The summed E-state index contributed by atoms with van der Waals surface area (Å²) in [5.74, 6) is 0. The smallest absolute Gasteiger partial charge is 0.297 e. The number of hydrogen-bond acceptors (Lipinski definition) is 3. The van der Waals surface area contributed by atoms with E-state index in [2.05, 4.69) is 186 Å². The molecule has 0 unspecified atom stereocenters. The molecule has 0 atom stereocenters. The molecule has 60 heavy (non-hydrogen) atoms. The van der Waals surface area contributed by atoms with Crippen LogP contribution in [0.4, 0.5) is 34.1 Å². The molecule has 0 N–H and O–H groups in total. The molecule has 0 amide bonds. The molecule has 4 heteroatoms. The van der Waals surface area contributed by atoms with Crippen molar-refractivity contribution in [1.82, 2.24) is 0 Å². The van der Waals surface area contributed by atoms with Crippen LogP contribution in [0.3, 0.4) is 0 Å². The molecule has 308 valence electrons. The summed E-state index contributed by atoms with van der Waals surface area (Å²) in [5.41, 5.74) is 25.0. The van der Waals surface area contributed by atoms with Gasteiger partial charge in [-0.3, -0.25) is 0 Å². The Hall–Kier alpha value is -4.70. The zero-order valence-corrected chi connectivity index (χ0v) is 39.1. The molecule has 10 rings (SSSR count). The Balaban J connectivity index is 1.36. The van der Waals surface area contributed by atoms with Crippen LogP contribution in [0.2, 0.25) is 0 Å². The average Bonchev–Trinajstić information content (AvgIpc) is 3.53. The highest BCUT2D eigenvalue weighted by Gasteiger charge is 2.51. The third-order valence-corrected chi connectivity index (χ3v) is 15.6. The maximum atomic E-state index is 7.33. The fraction of sp³-hybridized carbons (Fsp3) is 0.429. The van der Waals surface area contributed by atoms with Crippen molar-refractivity contribution >= 4 is 68.4 Å². The van der Waals surface area contributed by atoms with Crippen molar-refractivity contribution in [2.75, 3.05) is 9.80 Å².